The van der Waals surface area contributed by atoms with Gasteiger partial charge in [0.25, 0.3) is 0 Å². The SMILES string of the molecule is Cc1cc(N2CCN(C)CC2)ccc1NC(=O)CCc1ccco1. The average Bonchev–Trinajstić information content (AvgIpc) is 3.09. The summed E-state index contributed by atoms with van der Waals surface area (Å²) in [5, 5.41) is 3.00. The molecule has 2 aromatic rings. The fourth-order valence-electron chi connectivity index (χ4n) is 2.95. The van der Waals surface area contributed by atoms with Gasteiger partial charge in [0.2, 0.25) is 5.91 Å². The van der Waals surface area contributed by atoms with E-state index in [2.05, 4.69) is 34.3 Å². The molecule has 1 aromatic carbocycles. The monoisotopic (exact) mass is 327 g/mol. The first kappa shape index (κ1) is 16.6. The van der Waals surface area contributed by atoms with Crippen LogP contribution in [0.3, 0.4) is 0 Å². The molecule has 24 heavy (non-hydrogen) atoms. The number of piperazine rings is 1. The van der Waals surface area contributed by atoms with Crippen molar-refractivity contribution >= 4 is 17.3 Å². The van der Waals surface area contributed by atoms with Crippen LogP contribution in [0.5, 0.6) is 0 Å². The van der Waals surface area contributed by atoms with Crippen LogP contribution in [-0.2, 0) is 11.2 Å². The minimum Gasteiger partial charge on any atom is -0.469 e. The second-order valence-corrected chi connectivity index (χ2v) is 6.42. The number of benzene rings is 1. The zero-order chi connectivity index (χ0) is 16.9. The first-order valence-electron chi connectivity index (χ1n) is 8.48. The molecule has 1 amide bonds. The molecule has 0 aliphatic carbocycles. The summed E-state index contributed by atoms with van der Waals surface area (Å²) in [5.74, 6) is 0.856. The Morgan fingerprint density at radius 3 is 2.67 bits per heavy atom. The third-order valence-electron chi connectivity index (χ3n) is 4.53. The van der Waals surface area contributed by atoms with Gasteiger partial charge in [-0.1, -0.05) is 0 Å². The first-order valence-corrected chi connectivity index (χ1v) is 8.48. The van der Waals surface area contributed by atoms with Crippen LogP contribution >= 0.6 is 0 Å². The molecule has 0 saturated carbocycles. The highest BCUT2D eigenvalue weighted by atomic mass is 16.3. The summed E-state index contributed by atoms with van der Waals surface area (Å²) in [5.41, 5.74) is 3.21. The van der Waals surface area contributed by atoms with E-state index in [1.165, 1.54) is 5.69 Å². The van der Waals surface area contributed by atoms with E-state index in [4.69, 9.17) is 4.42 Å². The molecule has 1 aromatic heterocycles. The van der Waals surface area contributed by atoms with Crippen molar-refractivity contribution in [1.82, 2.24) is 4.90 Å². The number of nitrogens with zero attached hydrogens (tertiary/aromatic N) is 2. The van der Waals surface area contributed by atoms with Gasteiger partial charge in [-0.05, 0) is 49.9 Å². The Kier molecular flexibility index (Phi) is 5.20. The number of furan rings is 1. The highest BCUT2D eigenvalue weighted by molar-refractivity contribution is 5.91. The number of nitrogens with one attached hydrogen (secondary N) is 1. The minimum atomic E-state index is 0.0156. The number of likely N-dealkylation sites (N-methyl/N-ethyl adjacent to an activating group) is 1. The van der Waals surface area contributed by atoms with Crippen LogP contribution in [-0.4, -0.2) is 44.0 Å². The summed E-state index contributed by atoms with van der Waals surface area (Å²) in [6, 6.07) is 10.00. The van der Waals surface area contributed by atoms with Crippen molar-refractivity contribution in [1.29, 1.82) is 0 Å². The zero-order valence-corrected chi connectivity index (χ0v) is 14.4. The molecule has 1 saturated heterocycles. The highest BCUT2D eigenvalue weighted by Gasteiger charge is 2.15. The Bertz CT molecular complexity index is 674. The minimum absolute atomic E-state index is 0.0156. The number of aryl methyl sites for hydroxylation is 2. The van der Waals surface area contributed by atoms with E-state index in [-0.39, 0.29) is 5.91 Å². The Hall–Kier alpha value is -2.27. The largest absolute Gasteiger partial charge is 0.469 e. The fourth-order valence-corrected chi connectivity index (χ4v) is 2.95. The van der Waals surface area contributed by atoms with Gasteiger partial charge in [0, 0.05) is 50.4 Å². The van der Waals surface area contributed by atoms with Gasteiger partial charge in [-0.3, -0.25) is 4.79 Å². The van der Waals surface area contributed by atoms with Gasteiger partial charge in [-0.25, -0.2) is 0 Å². The average molecular weight is 327 g/mol. The maximum atomic E-state index is 12.1. The number of carbonyl (C=O) groups is 1. The molecule has 1 fully saturated rings. The van der Waals surface area contributed by atoms with Gasteiger partial charge in [0.15, 0.2) is 0 Å². The van der Waals surface area contributed by atoms with Crippen molar-refractivity contribution in [2.45, 2.75) is 19.8 Å². The second-order valence-electron chi connectivity index (χ2n) is 6.42. The maximum Gasteiger partial charge on any atom is 0.224 e. The van der Waals surface area contributed by atoms with Crippen LogP contribution in [0.15, 0.2) is 41.0 Å². The molecule has 0 unspecified atom stereocenters. The summed E-state index contributed by atoms with van der Waals surface area (Å²) in [4.78, 5) is 16.9. The molecule has 0 radical (unpaired) electrons. The van der Waals surface area contributed by atoms with E-state index in [1.54, 1.807) is 6.26 Å². The molecule has 2 heterocycles. The summed E-state index contributed by atoms with van der Waals surface area (Å²) in [7, 11) is 2.16. The van der Waals surface area contributed by atoms with Crippen LogP contribution < -0.4 is 10.2 Å². The molecule has 0 atom stereocenters. The lowest BCUT2D eigenvalue weighted by Crippen LogP contribution is -2.44. The standard InChI is InChI=1S/C19H25N3O2/c1-15-14-16(22-11-9-21(2)10-12-22)5-7-18(15)20-19(23)8-6-17-4-3-13-24-17/h3-5,7,13-14H,6,8-12H2,1-2H3,(H,20,23). The molecular formula is C19H25N3O2. The van der Waals surface area contributed by atoms with Crippen LogP contribution in [0, 0.1) is 6.92 Å². The van der Waals surface area contributed by atoms with Gasteiger partial charge in [-0.2, -0.15) is 0 Å². The summed E-state index contributed by atoms with van der Waals surface area (Å²) in [6.07, 6.45) is 2.68. The van der Waals surface area contributed by atoms with E-state index in [9.17, 15) is 4.79 Å². The van der Waals surface area contributed by atoms with E-state index >= 15 is 0 Å². The molecule has 5 nitrogen and oxygen atoms in total. The molecule has 128 valence electrons. The van der Waals surface area contributed by atoms with E-state index in [0.717, 1.165) is 43.2 Å². The van der Waals surface area contributed by atoms with Crippen molar-refractivity contribution in [2.24, 2.45) is 0 Å². The number of carbonyl (C=O) groups excluding carboxylic acids is 1. The lowest BCUT2D eigenvalue weighted by molar-refractivity contribution is -0.116. The van der Waals surface area contributed by atoms with E-state index in [1.807, 2.05) is 25.1 Å². The summed E-state index contributed by atoms with van der Waals surface area (Å²) < 4.78 is 5.26. The number of rotatable bonds is 5. The molecule has 3 rings (SSSR count). The van der Waals surface area contributed by atoms with Crippen LogP contribution in [0.25, 0.3) is 0 Å². The van der Waals surface area contributed by atoms with Gasteiger partial charge in [0.1, 0.15) is 5.76 Å². The van der Waals surface area contributed by atoms with Gasteiger partial charge in [0.05, 0.1) is 6.26 Å². The number of amides is 1. The van der Waals surface area contributed by atoms with E-state index in [0.29, 0.717) is 12.8 Å². The molecule has 5 heteroatoms. The normalized spacial score (nSPS) is 15.5. The van der Waals surface area contributed by atoms with Crippen molar-refractivity contribution in [2.75, 3.05) is 43.4 Å². The maximum absolute atomic E-state index is 12.1. The van der Waals surface area contributed by atoms with Gasteiger partial charge >= 0.3 is 0 Å². The first-order chi connectivity index (χ1) is 11.6. The summed E-state index contributed by atoms with van der Waals surface area (Å²) in [6.45, 7) is 6.31. The second kappa shape index (κ2) is 7.53. The Morgan fingerprint density at radius 2 is 2.00 bits per heavy atom. The molecule has 1 aliphatic rings. The van der Waals surface area contributed by atoms with Crippen LogP contribution in [0.2, 0.25) is 0 Å². The number of hydrogen-bond donors (Lipinski definition) is 1. The molecule has 1 N–H and O–H groups in total. The molecule has 0 spiro atoms. The number of hydrogen-bond acceptors (Lipinski definition) is 4. The Balaban J connectivity index is 1.57. The lowest BCUT2D eigenvalue weighted by Gasteiger charge is -2.34. The molecular weight excluding hydrogens is 302 g/mol. The Morgan fingerprint density at radius 1 is 1.21 bits per heavy atom. The summed E-state index contributed by atoms with van der Waals surface area (Å²) >= 11 is 0. The zero-order valence-electron chi connectivity index (χ0n) is 14.4. The van der Waals surface area contributed by atoms with Gasteiger partial charge < -0.3 is 19.5 Å². The van der Waals surface area contributed by atoms with Crippen molar-refractivity contribution < 1.29 is 9.21 Å². The predicted octanol–water partition coefficient (Wildman–Crippen LogP) is 2.91. The quantitative estimate of drug-likeness (QED) is 0.917. The van der Waals surface area contributed by atoms with Gasteiger partial charge in [-0.15, -0.1) is 0 Å². The lowest BCUT2D eigenvalue weighted by atomic mass is 10.1. The topological polar surface area (TPSA) is 48.7 Å². The predicted molar refractivity (Wildman–Crippen MR) is 96.5 cm³/mol. The number of anilines is 2. The van der Waals surface area contributed by atoms with Crippen molar-refractivity contribution in [3.05, 3.63) is 47.9 Å². The third kappa shape index (κ3) is 4.17. The highest BCUT2D eigenvalue weighted by Crippen LogP contribution is 2.24. The molecule has 1 aliphatic heterocycles. The van der Waals surface area contributed by atoms with Crippen LogP contribution in [0.4, 0.5) is 11.4 Å². The Labute approximate surface area is 143 Å². The van der Waals surface area contributed by atoms with Crippen LogP contribution in [0.1, 0.15) is 17.7 Å². The van der Waals surface area contributed by atoms with Crippen molar-refractivity contribution in [3.63, 3.8) is 0 Å². The van der Waals surface area contributed by atoms with Crippen molar-refractivity contribution in [3.8, 4) is 0 Å². The fraction of sp³-hybridized carbons (Fsp3) is 0.421. The van der Waals surface area contributed by atoms with E-state index < -0.39 is 0 Å². The smallest absolute Gasteiger partial charge is 0.224 e. The molecule has 0 bridgehead atoms. The third-order valence-corrected chi connectivity index (χ3v) is 4.53.